The maximum Gasteiger partial charge on any atom is 0.0251 e. The van der Waals surface area contributed by atoms with Gasteiger partial charge in [-0.25, -0.2) is 0 Å². The van der Waals surface area contributed by atoms with Gasteiger partial charge in [-0.3, -0.25) is 4.90 Å². The van der Waals surface area contributed by atoms with E-state index in [0.29, 0.717) is 6.04 Å². The van der Waals surface area contributed by atoms with Crippen molar-refractivity contribution >= 4 is 0 Å². The highest BCUT2D eigenvalue weighted by Crippen LogP contribution is 2.32. The van der Waals surface area contributed by atoms with Crippen LogP contribution in [0.1, 0.15) is 59.8 Å². The van der Waals surface area contributed by atoms with Crippen LogP contribution in [0.3, 0.4) is 0 Å². The van der Waals surface area contributed by atoms with E-state index >= 15 is 0 Å². The molecule has 1 N–H and O–H groups in total. The number of hydrogen-bond donors (Lipinski definition) is 1. The standard InChI is InChI=1S/C16H34N2/c1-6-8-11-18(7-2)16-12-14(13(3)4)9-10-15(16)17-5/h13-17H,6-12H2,1-5H3. The van der Waals surface area contributed by atoms with E-state index < -0.39 is 0 Å². The maximum absolute atomic E-state index is 3.56. The molecule has 1 rings (SSSR count). The number of unbranched alkanes of at least 4 members (excludes halogenated alkanes) is 1. The molecule has 0 aromatic carbocycles. The number of hydrogen-bond acceptors (Lipinski definition) is 2. The lowest BCUT2D eigenvalue weighted by molar-refractivity contribution is 0.0885. The molecule has 0 spiro atoms. The topological polar surface area (TPSA) is 15.3 Å². The van der Waals surface area contributed by atoms with Crippen LogP contribution < -0.4 is 5.32 Å². The van der Waals surface area contributed by atoms with Gasteiger partial charge in [0, 0.05) is 12.1 Å². The molecule has 0 aliphatic heterocycles. The monoisotopic (exact) mass is 254 g/mol. The van der Waals surface area contributed by atoms with Crippen LogP contribution >= 0.6 is 0 Å². The van der Waals surface area contributed by atoms with Crippen LogP contribution in [0.15, 0.2) is 0 Å². The number of nitrogens with one attached hydrogen (secondary N) is 1. The molecular weight excluding hydrogens is 220 g/mol. The highest BCUT2D eigenvalue weighted by molar-refractivity contribution is 4.91. The number of rotatable bonds is 7. The molecule has 1 saturated carbocycles. The van der Waals surface area contributed by atoms with Crippen LogP contribution in [0.4, 0.5) is 0 Å². The summed E-state index contributed by atoms with van der Waals surface area (Å²) in [6.07, 6.45) is 6.80. The summed E-state index contributed by atoms with van der Waals surface area (Å²) in [6.45, 7) is 11.9. The van der Waals surface area contributed by atoms with E-state index in [1.165, 1.54) is 45.2 Å². The zero-order valence-electron chi connectivity index (χ0n) is 13.2. The first-order valence-electron chi connectivity index (χ1n) is 8.05. The Kier molecular flexibility index (Phi) is 7.25. The molecule has 0 saturated heterocycles. The highest BCUT2D eigenvalue weighted by Gasteiger charge is 2.33. The van der Waals surface area contributed by atoms with Crippen molar-refractivity contribution in [3.63, 3.8) is 0 Å². The van der Waals surface area contributed by atoms with E-state index in [4.69, 9.17) is 0 Å². The van der Waals surface area contributed by atoms with Crippen molar-refractivity contribution in [1.29, 1.82) is 0 Å². The summed E-state index contributed by atoms with van der Waals surface area (Å²) in [5, 5.41) is 3.56. The molecule has 0 heterocycles. The van der Waals surface area contributed by atoms with Gasteiger partial charge in [-0.15, -0.1) is 0 Å². The Morgan fingerprint density at radius 3 is 2.44 bits per heavy atom. The van der Waals surface area contributed by atoms with Crippen molar-refractivity contribution in [3.8, 4) is 0 Å². The average Bonchev–Trinajstić information content (AvgIpc) is 2.39. The minimum atomic E-state index is 0.705. The van der Waals surface area contributed by atoms with Gasteiger partial charge in [0.1, 0.15) is 0 Å². The lowest BCUT2D eigenvalue weighted by atomic mass is 9.76. The molecule has 0 amide bonds. The molecule has 2 nitrogen and oxygen atoms in total. The summed E-state index contributed by atoms with van der Waals surface area (Å²) in [5.41, 5.74) is 0. The van der Waals surface area contributed by atoms with Gasteiger partial charge in [-0.2, -0.15) is 0 Å². The van der Waals surface area contributed by atoms with Crippen molar-refractivity contribution < 1.29 is 0 Å². The summed E-state index contributed by atoms with van der Waals surface area (Å²) in [5.74, 6) is 1.77. The van der Waals surface area contributed by atoms with Crippen LogP contribution in [0.2, 0.25) is 0 Å². The number of likely N-dealkylation sites (N-methyl/N-ethyl adjacent to an activating group) is 2. The molecule has 0 radical (unpaired) electrons. The van der Waals surface area contributed by atoms with Crippen LogP contribution in [-0.2, 0) is 0 Å². The fourth-order valence-corrected chi connectivity index (χ4v) is 3.44. The molecule has 0 aromatic rings. The third-order valence-corrected chi connectivity index (χ3v) is 4.84. The molecule has 108 valence electrons. The van der Waals surface area contributed by atoms with E-state index in [-0.39, 0.29) is 0 Å². The van der Waals surface area contributed by atoms with Crippen molar-refractivity contribution in [2.24, 2.45) is 11.8 Å². The minimum Gasteiger partial charge on any atom is -0.315 e. The fraction of sp³-hybridized carbons (Fsp3) is 1.00. The molecule has 1 fully saturated rings. The SMILES string of the molecule is CCCCN(CC)C1CC(C(C)C)CCC1NC. The molecule has 3 atom stereocenters. The van der Waals surface area contributed by atoms with Crippen LogP contribution in [-0.4, -0.2) is 37.1 Å². The molecule has 0 aromatic heterocycles. The molecule has 1 aliphatic carbocycles. The third kappa shape index (κ3) is 4.24. The number of nitrogens with zero attached hydrogens (tertiary/aromatic N) is 1. The van der Waals surface area contributed by atoms with E-state index in [2.05, 4.69) is 45.0 Å². The second-order valence-electron chi connectivity index (χ2n) is 6.26. The summed E-state index contributed by atoms with van der Waals surface area (Å²) >= 11 is 0. The van der Waals surface area contributed by atoms with Crippen molar-refractivity contribution in [2.45, 2.75) is 71.9 Å². The Hall–Kier alpha value is -0.0800. The second-order valence-corrected chi connectivity index (χ2v) is 6.26. The Morgan fingerprint density at radius 1 is 1.22 bits per heavy atom. The van der Waals surface area contributed by atoms with Gasteiger partial charge in [0.25, 0.3) is 0 Å². The zero-order valence-corrected chi connectivity index (χ0v) is 13.2. The predicted molar refractivity (Wildman–Crippen MR) is 81.0 cm³/mol. The first-order valence-corrected chi connectivity index (χ1v) is 8.05. The largest absolute Gasteiger partial charge is 0.315 e. The molecule has 3 unspecified atom stereocenters. The van der Waals surface area contributed by atoms with Crippen LogP contribution in [0.25, 0.3) is 0 Å². The quantitative estimate of drug-likeness (QED) is 0.748. The van der Waals surface area contributed by atoms with Gasteiger partial charge in [0.15, 0.2) is 0 Å². The van der Waals surface area contributed by atoms with E-state index in [9.17, 15) is 0 Å². The van der Waals surface area contributed by atoms with Gasteiger partial charge in [-0.05, 0) is 57.7 Å². The van der Waals surface area contributed by atoms with Gasteiger partial charge >= 0.3 is 0 Å². The van der Waals surface area contributed by atoms with Gasteiger partial charge in [0.2, 0.25) is 0 Å². The second kappa shape index (κ2) is 8.16. The van der Waals surface area contributed by atoms with Crippen LogP contribution in [0, 0.1) is 11.8 Å². The minimum absolute atomic E-state index is 0.705. The zero-order chi connectivity index (χ0) is 13.5. The Balaban J connectivity index is 2.64. The van der Waals surface area contributed by atoms with Gasteiger partial charge < -0.3 is 5.32 Å². The smallest absolute Gasteiger partial charge is 0.0251 e. The van der Waals surface area contributed by atoms with E-state index in [0.717, 1.165) is 17.9 Å². The molecule has 2 heteroatoms. The van der Waals surface area contributed by atoms with Gasteiger partial charge in [-0.1, -0.05) is 34.1 Å². The Labute approximate surface area is 115 Å². The average molecular weight is 254 g/mol. The molecule has 0 bridgehead atoms. The summed E-state index contributed by atoms with van der Waals surface area (Å²) in [7, 11) is 2.14. The first kappa shape index (κ1) is 16.0. The molecule has 18 heavy (non-hydrogen) atoms. The van der Waals surface area contributed by atoms with Crippen molar-refractivity contribution in [1.82, 2.24) is 10.2 Å². The van der Waals surface area contributed by atoms with E-state index in [1.54, 1.807) is 0 Å². The Bertz CT molecular complexity index is 215. The lowest BCUT2D eigenvalue weighted by Crippen LogP contribution is -2.53. The first-order chi connectivity index (χ1) is 8.63. The highest BCUT2D eigenvalue weighted by atomic mass is 15.2. The lowest BCUT2D eigenvalue weighted by Gasteiger charge is -2.43. The molecular formula is C16H34N2. The third-order valence-electron chi connectivity index (χ3n) is 4.84. The van der Waals surface area contributed by atoms with Crippen molar-refractivity contribution in [3.05, 3.63) is 0 Å². The van der Waals surface area contributed by atoms with Gasteiger partial charge in [0.05, 0.1) is 0 Å². The van der Waals surface area contributed by atoms with Crippen molar-refractivity contribution in [2.75, 3.05) is 20.1 Å². The summed E-state index contributed by atoms with van der Waals surface area (Å²) in [4.78, 5) is 2.72. The summed E-state index contributed by atoms with van der Waals surface area (Å²) < 4.78 is 0. The fourth-order valence-electron chi connectivity index (χ4n) is 3.44. The normalized spacial score (nSPS) is 29.2. The molecule has 1 aliphatic rings. The Morgan fingerprint density at radius 2 is 1.94 bits per heavy atom. The van der Waals surface area contributed by atoms with E-state index in [1.807, 2.05) is 0 Å². The predicted octanol–water partition coefficient (Wildman–Crippen LogP) is 3.52. The summed E-state index contributed by atoms with van der Waals surface area (Å²) in [6, 6.07) is 1.46. The van der Waals surface area contributed by atoms with Crippen LogP contribution in [0.5, 0.6) is 0 Å². The maximum atomic E-state index is 3.56.